The normalized spacial score (nSPS) is 21.0. The molecule has 0 aliphatic carbocycles. The standard InChI is InChI=1S/C17H19N5O/c1-11-7-13(17(23)19-2)10-22(9-11)14-4-3-12(8-18)15-16(14)21-6-5-20-15/h3-6,11,13H,7,9-10H2,1-2H3,(H,19,23)/t11-,13+/m1/s1. The molecule has 1 N–H and O–H groups in total. The molecular weight excluding hydrogens is 290 g/mol. The smallest absolute Gasteiger partial charge is 0.224 e. The number of rotatable bonds is 2. The van der Waals surface area contributed by atoms with Crippen LogP contribution in [-0.4, -0.2) is 36.0 Å². The number of nitriles is 1. The van der Waals surface area contributed by atoms with Gasteiger partial charge in [0, 0.05) is 32.5 Å². The molecule has 23 heavy (non-hydrogen) atoms. The molecule has 0 unspecified atom stereocenters. The first-order valence-corrected chi connectivity index (χ1v) is 7.74. The number of amides is 1. The number of anilines is 1. The van der Waals surface area contributed by atoms with E-state index >= 15 is 0 Å². The molecule has 6 heteroatoms. The Morgan fingerprint density at radius 3 is 2.74 bits per heavy atom. The third-order valence-electron chi connectivity index (χ3n) is 4.34. The topological polar surface area (TPSA) is 81.9 Å². The Hall–Kier alpha value is -2.68. The van der Waals surface area contributed by atoms with E-state index in [1.165, 1.54) is 0 Å². The second kappa shape index (κ2) is 6.21. The average Bonchev–Trinajstić information content (AvgIpc) is 2.59. The molecule has 1 saturated heterocycles. The Balaban J connectivity index is 2.03. The predicted molar refractivity (Wildman–Crippen MR) is 87.8 cm³/mol. The summed E-state index contributed by atoms with van der Waals surface area (Å²) in [5, 5.41) is 12.0. The first kappa shape index (κ1) is 15.2. The zero-order chi connectivity index (χ0) is 16.4. The Labute approximate surface area is 135 Å². The predicted octanol–water partition coefficient (Wildman–Crippen LogP) is 1.71. The van der Waals surface area contributed by atoms with Crippen LogP contribution in [-0.2, 0) is 4.79 Å². The fourth-order valence-electron chi connectivity index (χ4n) is 3.33. The molecule has 0 saturated carbocycles. The monoisotopic (exact) mass is 309 g/mol. The van der Waals surface area contributed by atoms with Crippen molar-refractivity contribution < 1.29 is 4.79 Å². The van der Waals surface area contributed by atoms with Gasteiger partial charge in [0.2, 0.25) is 5.91 Å². The minimum absolute atomic E-state index is 0.0360. The van der Waals surface area contributed by atoms with Crippen molar-refractivity contribution in [2.45, 2.75) is 13.3 Å². The Morgan fingerprint density at radius 2 is 2.04 bits per heavy atom. The van der Waals surface area contributed by atoms with Crippen molar-refractivity contribution in [3.05, 3.63) is 30.1 Å². The molecule has 1 aromatic heterocycles. The summed E-state index contributed by atoms with van der Waals surface area (Å²) in [5.74, 6) is 0.449. The van der Waals surface area contributed by atoms with E-state index in [0.717, 1.165) is 24.2 Å². The van der Waals surface area contributed by atoms with Gasteiger partial charge < -0.3 is 10.2 Å². The summed E-state index contributed by atoms with van der Waals surface area (Å²) in [4.78, 5) is 23.0. The third-order valence-corrected chi connectivity index (χ3v) is 4.34. The van der Waals surface area contributed by atoms with Crippen LogP contribution in [0.3, 0.4) is 0 Å². The van der Waals surface area contributed by atoms with Crippen LogP contribution in [0, 0.1) is 23.2 Å². The number of carbonyl (C=O) groups excluding carboxylic acids is 1. The van der Waals surface area contributed by atoms with E-state index in [4.69, 9.17) is 0 Å². The van der Waals surface area contributed by atoms with Crippen molar-refractivity contribution in [2.75, 3.05) is 25.0 Å². The maximum atomic E-state index is 12.0. The number of fused-ring (bicyclic) bond motifs is 1. The summed E-state index contributed by atoms with van der Waals surface area (Å²) in [5.41, 5.74) is 2.79. The Bertz CT molecular complexity index is 782. The van der Waals surface area contributed by atoms with Gasteiger partial charge in [0.1, 0.15) is 17.1 Å². The maximum Gasteiger partial charge on any atom is 0.224 e. The van der Waals surface area contributed by atoms with Gasteiger partial charge in [-0.25, -0.2) is 0 Å². The average molecular weight is 309 g/mol. The van der Waals surface area contributed by atoms with Crippen LogP contribution in [0.4, 0.5) is 5.69 Å². The van der Waals surface area contributed by atoms with E-state index in [1.54, 1.807) is 25.5 Å². The molecule has 0 bridgehead atoms. The molecule has 2 atom stereocenters. The number of hydrogen-bond acceptors (Lipinski definition) is 5. The maximum absolute atomic E-state index is 12.0. The van der Waals surface area contributed by atoms with Crippen molar-refractivity contribution in [3.63, 3.8) is 0 Å². The fraction of sp³-hybridized carbons (Fsp3) is 0.412. The van der Waals surface area contributed by atoms with E-state index in [0.29, 0.717) is 23.5 Å². The molecule has 0 spiro atoms. The molecule has 2 aromatic rings. The molecule has 0 radical (unpaired) electrons. The van der Waals surface area contributed by atoms with Crippen molar-refractivity contribution in [2.24, 2.45) is 11.8 Å². The first-order chi connectivity index (χ1) is 11.1. The van der Waals surface area contributed by atoms with Crippen LogP contribution in [0.1, 0.15) is 18.9 Å². The number of nitrogens with one attached hydrogen (secondary N) is 1. The SMILES string of the molecule is CNC(=O)[C@H]1C[C@@H](C)CN(c2ccc(C#N)c3nccnc23)C1. The third kappa shape index (κ3) is 2.82. The summed E-state index contributed by atoms with van der Waals surface area (Å²) in [6.45, 7) is 3.67. The van der Waals surface area contributed by atoms with Crippen LogP contribution in [0.5, 0.6) is 0 Å². The van der Waals surface area contributed by atoms with Crippen LogP contribution < -0.4 is 10.2 Å². The van der Waals surface area contributed by atoms with Gasteiger partial charge in [0.15, 0.2) is 0 Å². The zero-order valence-corrected chi connectivity index (χ0v) is 13.3. The molecule has 2 heterocycles. The summed E-state index contributed by atoms with van der Waals surface area (Å²) in [7, 11) is 1.68. The lowest BCUT2D eigenvalue weighted by atomic mass is 9.89. The lowest BCUT2D eigenvalue weighted by Gasteiger charge is -2.37. The quantitative estimate of drug-likeness (QED) is 0.913. The van der Waals surface area contributed by atoms with Crippen molar-refractivity contribution in [3.8, 4) is 6.07 Å². The molecule has 3 rings (SSSR count). The van der Waals surface area contributed by atoms with Crippen LogP contribution >= 0.6 is 0 Å². The van der Waals surface area contributed by atoms with E-state index < -0.39 is 0 Å². The van der Waals surface area contributed by atoms with Gasteiger partial charge in [-0.3, -0.25) is 14.8 Å². The van der Waals surface area contributed by atoms with Crippen LogP contribution in [0.2, 0.25) is 0 Å². The van der Waals surface area contributed by atoms with E-state index in [-0.39, 0.29) is 11.8 Å². The summed E-state index contributed by atoms with van der Waals surface area (Å²) in [6.07, 6.45) is 4.12. The second-order valence-corrected chi connectivity index (χ2v) is 6.05. The summed E-state index contributed by atoms with van der Waals surface area (Å²) >= 11 is 0. The second-order valence-electron chi connectivity index (χ2n) is 6.05. The van der Waals surface area contributed by atoms with E-state index in [9.17, 15) is 10.1 Å². The highest BCUT2D eigenvalue weighted by molar-refractivity contribution is 5.92. The lowest BCUT2D eigenvalue weighted by Crippen LogP contribution is -2.45. The van der Waals surface area contributed by atoms with Gasteiger partial charge in [-0.05, 0) is 24.5 Å². The molecule has 118 valence electrons. The minimum Gasteiger partial charge on any atom is -0.369 e. The van der Waals surface area contributed by atoms with Gasteiger partial charge in [0.25, 0.3) is 0 Å². The van der Waals surface area contributed by atoms with Gasteiger partial charge >= 0.3 is 0 Å². The molecule has 1 amide bonds. The van der Waals surface area contributed by atoms with Gasteiger partial charge in [-0.2, -0.15) is 5.26 Å². The molecule has 1 aliphatic heterocycles. The Morgan fingerprint density at radius 1 is 1.30 bits per heavy atom. The molecule has 6 nitrogen and oxygen atoms in total. The first-order valence-electron chi connectivity index (χ1n) is 7.74. The van der Waals surface area contributed by atoms with Gasteiger partial charge in [-0.1, -0.05) is 6.92 Å². The van der Waals surface area contributed by atoms with Crippen LogP contribution in [0.25, 0.3) is 11.0 Å². The molecule has 1 aromatic carbocycles. The van der Waals surface area contributed by atoms with E-state index in [1.807, 2.05) is 6.07 Å². The van der Waals surface area contributed by atoms with Crippen molar-refractivity contribution >= 4 is 22.6 Å². The molecule has 1 fully saturated rings. The number of benzene rings is 1. The number of aromatic nitrogens is 2. The van der Waals surface area contributed by atoms with Gasteiger partial charge in [0.05, 0.1) is 17.2 Å². The largest absolute Gasteiger partial charge is 0.369 e. The minimum atomic E-state index is -0.0360. The highest BCUT2D eigenvalue weighted by Crippen LogP contribution is 2.31. The van der Waals surface area contributed by atoms with Crippen molar-refractivity contribution in [1.82, 2.24) is 15.3 Å². The lowest BCUT2D eigenvalue weighted by molar-refractivity contribution is -0.125. The molecule has 1 aliphatic rings. The number of piperidine rings is 1. The van der Waals surface area contributed by atoms with E-state index in [2.05, 4.69) is 33.2 Å². The Kier molecular flexibility index (Phi) is 4.11. The summed E-state index contributed by atoms with van der Waals surface area (Å²) < 4.78 is 0. The van der Waals surface area contributed by atoms with Crippen LogP contribution in [0.15, 0.2) is 24.5 Å². The number of nitrogens with zero attached hydrogens (tertiary/aromatic N) is 4. The fourth-order valence-corrected chi connectivity index (χ4v) is 3.33. The number of hydrogen-bond donors (Lipinski definition) is 1. The zero-order valence-electron chi connectivity index (χ0n) is 13.3. The molecular formula is C17H19N5O. The number of carbonyl (C=O) groups is 1. The van der Waals surface area contributed by atoms with Crippen molar-refractivity contribution in [1.29, 1.82) is 5.26 Å². The highest BCUT2D eigenvalue weighted by atomic mass is 16.1. The highest BCUT2D eigenvalue weighted by Gasteiger charge is 2.30. The summed E-state index contributed by atoms with van der Waals surface area (Å²) in [6, 6.07) is 5.85. The van der Waals surface area contributed by atoms with Gasteiger partial charge in [-0.15, -0.1) is 0 Å².